The van der Waals surface area contributed by atoms with Crippen molar-refractivity contribution in [3.8, 4) is 11.8 Å². The Bertz CT molecular complexity index is 224. The molecule has 0 saturated carbocycles. The van der Waals surface area contributed by atoms with Gasteiger partial charge in [-0.3, -0.25) is 0 Å². The van der Waals surface area contributed by atoms with Crippen LogP contribution in [-0.4, -0.2) is 22.2 Å². The predicted molar refractivity (Wildman–Crippen MR) is 54.1 cm³/mol. The second-order valence-corrected chi connectivity index (χ2v) is 5.03. The zero-order valence-corrected chi connectivity index (χ0v) is 8.79. The minimum Gasteiger partial charge on any atom is -0.376 e. The molecule has 68 valence electrons. The van der Waals surface area contributed by atoms with Gasteiger partial charge in [0.05, 0.1) is 0 Å². The van der Waals surface area contributed by atoms with Crippen LogP contribution in [0.2, 0.25) is 0 Å². The number of hydrogen-bond acceptors (Lipinski definition) is 2. The summed E-state index contributed by atoms with van der Waals surface area (Å²) in [6, 6.07) is 0. The van der Waals surface area contributed by atoms with Crippen LogP contribution >= 0.6 is 11.8 Å². The maximum absolute atomic E-state index is 10.2. The third-order valence-electron chi connectivity index (χ3n) is 2.63. The average molecular weight is 184 g/mol. The lowest BCUT2D eigenvalue weighted by molar-refractivity contribution is -0.000238. The van der Waals surface area contributed by atoms with E-state index in [0.29, 0.717) is 0 Å². The molecule has 1 unspecified atom stereocenters. The molecule has 1 aliphatic heterocycles. The molecular weight excluding hydrogens is 168 g/mol. The largest absolute Gasteiger partial charge is 0.376 e. The average Bonchev–Trinajstić information content (AvgIpc) is 1.96. The Morgan fingerprint density at radius 2 is 2.08 bits per heavy atom. The van der Waals surface area contributed by atoms with Gasteiger partial charge in [0.2, 0.25) is 0 Å². The van der Waals surface area contributed by atoms with E-state index >= 15 is 0 Å². The second-order valence-electron chi connectivity index (χ2n) is 3.92. The standard InChI is InChI=1S/C10H16OS/c1-4-5-10(11)8-12-7-6-9(10,2)3/h11H,6-8H2,1-3H3. The predicted octanol–water partition coefficient (Wildman–Crippen LogP) is 1.90. The van der Waals surface area contributed by atoms with Crippen LogP contribution in [0.1, 0.15) is 27.2 Å². The Morgan fingerprint density at radius 3 is 2.58 bits per heavy atom. The van der Waals surface area contributed by atoms with E-state index in [0.717, 1.165) is 17.9 Å². The third-order valence-corrected chi connectivity index (χ3v) is 3.75. The van der Waals surface area contributed by atoms with Gasteiger partial charge in [-0.25, -0.2) is 0 Å². The molecule has 0 aromatic rings. The van der Waals surface area contributed by atoms with Gasteiger partial charge in [0, 0.05) is 11.2 Å². The van der Waals surface area contributed by atoms with E-state index in [2.05, 4.69) is 25.7 Å². The Labute approximate surface area is 78.9 Å². The summed E-state index contributed by atoms with van der Waals surface area (Å²) in [5.74, 6) is 7.65. The molecule has 1 saturated heterocycles. The highest BCUT2D eigenvalue weighted by molar-refractivity contribution is 7.99. The van der Waals surface area contributed by atoms with Crippen molar-refractivity contribution in [2.45, 2.75) is 32.8 Å². The highest BCUT2D eigenvalue weighted by Crippen LogP contribution is 2.41. The van der Waals surface area contributed by atoms with E-state index in [1.54, 1.807) is 18.7 Å². The molecule has 12 heavy (non-hydrogen) atoms. The highest BCUT2D eigenvalue weighted by atomic mass is 32.2. The first-order chi connectivity index (χ1) is 5.52. The molecule has 0 amide bonds. The fraction of sp³-hybridized carbons (Fsp3) is 0.800. The Balaban J connectivity index is 2.89. The van der Waals surface area contributed by atoms with Crippen LogP contribution in [0.3, 0.4) is 0 Å². The molecule has 0 spiro atoms. The van der Waals surface area contributed by atoms with Crippen LogP contribution in [0.5, 0.6) is 0 Å². The lowest BCUT2D eigenvalue weighted by Gasteiger charge is -2.42. The Hall–Kier alpha value is -0.130. The molecule has 0 aromatic carbocycles. The van der Waals surface area contributed by atoms with E-state index in [9.17, 15) is 5.11 Å². The summed E-state index contributed by atoms with van der Waals surface area (Å²) in [5, 5.41) is 10.2. The van der Waals surface area contributed by atoms with Crippen molar-refractivity contribution in [1.82, 2.24) is 0 Å². The summed E-state index contributed by atoms with van der Waals surface area (Å²) >= 11 is 1.79. The number of thioether (sulfide) groups is 1. The maximum atomic E-state index is 10.2. The number of aliphatic hydroxyl groups is 1. The van der Waals surface area contributed by atoms with Crippen molar-refractivity contribution in [2.75, 3.05) is 11.5 Å². The first-order valence-corrected chi connectivity index (χ1v) is 5.41. The van der Waals surface area contributed by atoms with Gasteiger partial charge in [-0.1, -0.05) is 19.8 Å². The van der Waals surface area contributed by atoms with Gasteiger partial charge in [-0.05, 0) is 19.1 Å². The van der Waals surface area contributed by atoms with Gasteiger partial charge >= 0.3 is 0 Å². The van der Waals surface area contributed by atoms with Crippen molar-refractivity contribution in [3.63, 3.8) is 0 Å². The monoisotopic (exact) mass is 184 g/mol. The highest BCUT2D eigenvalue weighted by Gasteiger charge is 2.44. The summed E-state index contributed by atoms with van der Waals surface area (Å²) in [4.78, 5) is 0. The molecule has 0 radical (unpaired) electrons. The van der Waals surface area contributed by atoms with Crippen LogP contribution in [0.25, 0.3) is 0 Å². The third kappa shape index (κ3) is 1.62. The molecule has 1 rings (SSSR count). The van der Waals surface area contributed by atoms with E-state index < -0.39 is 5.60 Å². The molecule has 1 atom stereocenters. The van der Waals surface area contributed by atoms with Crippen LogP contribution < -0.4 is 0 Å². The summed E-state index contributed by atoms with van der Waals surface area (Å²) in [5.41, 5.74) is -0.827. The van der Waals surface area contributed by atoms with Gasteiger partial charge in [0.15, 0.2) is 0 Å². The minimum absolute atomic E-state index is 0.0543. The van der Waals surface area contributed by atoms with Crippen LogP contribution in [0.4, 0.5) is 0 Å². The van der Waals surface area contributed by atoms with Gasteiger partial charge in [0.25, 0.3) is 0 Å². The molecule has 0 bridgehead atoms. The SMILES string of the molecule is CC#CC1(O)CSCCC1(C)C. The van der Waals surface area contributed by atoms with Crippen molar-refractivity contribution < 1.29 is 5.11 Å². The zero-order chi connectivity index (χ0) is 9.24. The van der Waals surface area contributed by atoms with Gasteiger partial charge < -0.3 is 5.11 Å². The van der Waals surface area contributed by atoms with Gasteiger partial charge in [0.1, 0.15) is 5.60 Å². The molecule has 1 N–H and O–H groups in total. The van der Waals surface area contributed by atoms with Crippen LogP contribution in [0, 0.1) is 17.3 Å². The fourth-order valence-electron chi connectivity index (χ4n) is 1.36. The van der Waals surface area contributed by atoms with Crippen molar-refractivity contribution in [2.24, 2.45) is 5.41 Å². The summed E-state index contributed by atoms with van der Waals surface area (Å²) in [7, 11) is 0. The second kappa shape index (κ2) is 3.32. The fourth-order valence-corrected chi connectivity index (χ4v) is 2.92. The minimum atomic E-state index is -0.773. The molecule has 0 aromatic heterocycles. The lowest BCUT2D eigenvalue weighted by Crippen LogP contribution is -2.48. The number of rotatable bonds is 0. The summed E-state index contributed by atoms with van der Waals surface area (Å²) in [6.45, 7) is 5.97. The van der Waals surface area contributed by atoms with Crippen molar-refractivity contribution >= 4 is 11.8 Å². The van der Waals surface area contributed by atoms with Gasteiger partial charge in [-0.2, -0.15) is 11.8 Å². The molecule has 1 nitrogen and oxygen atoms in total. The molecule has 1 fully saturated rings. The molecule has 1 heterocycles. The molecule has 0 aliphatic carbocycles. The van der Waals surface area contributed by atoms with Crippen LogP contribution in [0.15, 0.2) is 0 Å². The number of hydrogen-bond donors (Lipinski definition) is 1. The normalized spacial score (nSPS) is 33.7. The van der Waals surface area contributed by atoms with Gasteiger partial charge in [-0.15, -0.1) is 5.92 Å². The first-order valence-electron chi connectivity index (χ1n) is 4.26. The zero-order valence-electron chi connectivity index (χ0n) is 7.98. The first kappa shape index (κ1) is 9.95. The van der Waals surface area contributed by atoms with E-state index in [1.807, 2.05) is 0 Å². The smallest absolute Gasteiger partial charge is 0.139 e. The van der Waals surface area contributed by atoms with Crippen molar-refractivity contribution in [3.05, 3.63) is 0 Å². The molecule has 1 aliphatic rings. The van der Waals surface area contributed by atoms with E-state index in [-0.39, 0.29) is 5.41 Å². The lowest BCUT2D eigenvalue weighted by atomic mass is 9.74. The summed E-state index contributed by atoms with van der Waals surface area (Å²) < 4.78 is 0. The topological polar surface area (TPSA) is 20.2 Å². The quantitative estimate of drug-likeness (QED) is 0.580. The summed E-state index contributed by atoms with van der Waals surface area (Å²) in [6.07, 6.45) is 1.04. The Kier molecular flexibility index (Phi) is 2.75. The molecular formula is C10H16OS. The van der Waals surface area contributed by atoms with Crippen molar-refractivity contribution in [1.29, 1.82) is 0 Å². The molecule has 2 heteroatoms. The van der Waals surface area contributed by atoms with E-state index in [1.165, 1.54) is 0 Å². The van der Waals surface area contributed by atoms with E-state index in [4.69, 9.17) is 0 Å². The Morgan fingerprint density at radius 1 is 1.42 bits per heavy atom. The van der Waals surface area contributed by atoms with Crippen LogP contribution in [-0.2, 0) is 0 Å². The maximum Gasteiger partial charge on any atom is 0.139 e.